The second-order valence-corrected chi connectivity index (χ2v) is 15.3. The molecule has 2 N–H and O–H groups in total. The number of piperidine rings is 2. The predicted octanol–water partition coefficient (Wildman–Crippen LogP) is 7.29. The number of allylic oxidation sites excluding steroid dienone is 1. The summed E-state index contributed by atoms with van der Waals surface area (Å²) in [6.07, 6.45) is 8.69. The number of carbonyl (C=O) groups is 1. The molecule has 1 atom stereocenters. The van der Waals surface area contributed by atoms with Gasteiger partial charge < -0.3 is 25.1 Å². The number of aromatic nitrogens is 1. The molecule has 0 bridgehead atoms. The molecular formula is C45H54N6O2. The van der Waals surface area contributed by atoms with Crippen LogP contribution in [-0.2, 0) is 6.54 Å². The van der Waals surface area contributed by atoms with E-state index in [0.29, 0.717) is 12.6 Å². The monoisotopic (exact) mass is 710 g/mol. The van der Waals surface area contributed by atoms with E-state index in [-0.39, 0.29) is 11.7 Å². The Hall–Kier alpha value is -4.66. The molecule has 276 valence electrons. The quantitative estimate of drug-likeness (QED) is 0.168. The van der Waals surface area contributed by atoms with Crippen molar-refractivity contribution in [2.75, 3.05) is 68.7 Å². The standard InChI is InChI=1S/C45H54N6O2/c1-2-41(34-7-4-3-5-8-34)44(36-12-16-40(52)17-13-36)35-10-14-38(15-11-35)49-23-19-33(20-24-49)18-22-48-25-27-50(28-26-48)43-29-37-32-51(39-9-6-21-46-30-39)45(53)42(37)31-47-43/h3-5,7-8,10-17,29,31,33,39,46,52H,2,6,9,18-28,30,32H2,1H3. The number of anilines is 2. The van der Waals surface area contributed by atoms with E-state index in [4.69, 9.17) is 4.98 Å². The number of phenolic OH excluding ortho intramolecular Hbond substituents is 1. The number of aromatic hydroxyl groups is 1. The van der Waals surface area contributed by atoms with Crippen LogP contribution in [0.25, 0.3) is 11.1 Å². The summed E-state index contributed by atoms with van der Waals surface area (Å²) in [5.74, 6) is 2.23. The summed E-state index contributed by atoms with van der Waals surface area (Å²) in [6.45, 7) is 12.4. The predicted molar refractivity (Wildman–Crippen MR) is 215 cm³/mol. The number of nitrogens with zero attached hydrogens (tertiary/aromatic N) is 5. The lowest BCUT2D eigenvalue weighted by molar-refractivity contribution is 0.0674. The summed E-state index contributed by atoms with van der Waals surface area (Å²) >= 11 is 0. The zero-order valence-corrected chi connectivity index (χ0v) is 31.2. The van der Waals surface area contributed by atoms with Gasteiger partial charge in [-0.1, -0.05) is 61.5 Å². The maximum atomic E-state index is 13.1. The smallest absolute Gasteiger partial charge is 0.256 e. The first-order valence-electron chi connectivity index (χ1n) is 20.0. The van der Waals surface area contributed by atoms with Gasteiger partial charge in [0, 0.05) is 70.3 Å². The average Bonchev–Trinajstić information content (AvgIpc) is 3.56. The Labute approximate surface area is 315 Å². The van der Waals surface area contributed by atoms with Crippen molar-refractivity contribution in [1.82, 2.24) is 20.1 Å². The van der Waals surface area contributed by atoms with Gasteiger partial charge in [-0.3, -0.25) is 9.69 Å². The highest BCUT2D eigenvalue weighted by molar-refractivity contribution is 5.99. The number of carbonyl (C=O) groups excluding carboxylic acids is 1. The van der Waals surface area contributed by atoms with Crippen molar-refractivity contribution in [3.8, 4) is 5.75 Å². The molecule has 0 saturated carbocycles. The van der Waals surface area contributed by atoms with Crippen molar-refractivity contribution in [2.24, 2.45) is 5.92 Å². The van der Waals surface area contributed by atoms with Crippen molar-refractivity contribution in [3.63, 3.8) is 0 Å². The van der Waals surface area contributed by atoms with E-state index in [1.807, 2.05) is 18.3 Å². The normalized spacial score (nSPS) is 20.4. The number of benzene rings is 3. The van der Waals surface area contributed by atoms with Gasteiger partial charge in [-0.15, -0.1) is 0 Å². The Morgan fingerprint density at radius 3 is 2.23 bits per heavy atom. The van der Waals surface area contributed by atoms with Gasteiger partial charge in [0.25, 0.3) is 5.91 Å². The van der Waals surface area contributed by atoms with Gasteiger partial charge in [0.2, 0.25) is 0 Å². The minimum absolute atomic E-state index is 0.152. The number of hydrogen-bond acceptors (Lipinski definition) is 7. The van der Waals surface area contributed by atoms with Crippen LogP contribution in [0.5, 0.6) is 5.75 Å². The molecular weight excluding hydrogens is 657 g/mol. The van der Waals surface area contributed by atoms with Crippen LogP contribution in [0, 0.1) is 5.92 Å². The summed E-state index contributed by atoms with van der Waals surface area (Å²) in [4.78, 5) is 27.5. The maximum Gasteiger partial charge on any atom is 0.256 e. The van der Waals surface area contributed by atoms with Gasteiger partial charge in [-0.25, -0.2) is 4.98 Å². The lowest BCUT2D eigenvalue weighted by Crippen LogP contribution is -2.47. The molecule has 8 rings (SSSR count). The number of rotatable bonds is 10. The van der Waals surface area contributed by atoms with Crippen LogP contribution < -0.4 is 15.1 Å². The molecule has 3 fully saturated rings. The van der Waals surface area contributed by atoms with E-state index in [9.17, 15) is 9.90 Å². The molecule has 5 heterocycles. The van der Waals surface area contributed by atoms with Crippen molar-refractivity contribution >= 4 is 28.6 Å². The molecule has 1 aromatic heterocycles. The number of nitrogens with one attached hydrogen (secondary N) is 1. The largest absolute Gasteiger partial charge is 0.508 e. The van der Waals surface area contributed by atoms with E-state index in [1.165, 1.54) is 47.2 Å². The van der Waals surface area contributed by atoms with Crippen molar-refractivity contribution in [3.05, 3.63) is 119 Å². The molecule has 4 aliphatic rings. The van der Waals surface area contributed by atoms with Gasteiger partial charge in [-0.05, 0) is 121 Å². The van der Waals surface area contributed by atoms with E-state index in [2.05, 4.69) is 92.5 Å². The van der Waals surface area contributed by atoms with Crippen LogP contribution in [0.1, 0.15) is 78.1 Å². The van der Waals surface area contributed by atoms with Gasteiger partial charge in [0.15, 0.2) is 0 Å². The first kappa shape index (κ1) is 35.4. The van der Waals surface area contributed by atoms with Gasteiger partial charge in [0.1, 0.15) is 11.6 Å². The molecule has 0 spiro atoms. The summed E-state index contributed by atoms with van der Waals surface area (Å²) in [7, 11) is 0. The SMILES string of the molecule is CCC(=C(c1ccc(O)cc1)c1ccc(N2CCC(CCN3CCN(c4cc5c(cn4)C(=O)N(C4CCCNC4)C5)CC3)CC2)cc1)c1ccccc1. The zero-order valence-electron chi connectivity index (χ0n) is 31.2. The number of amides is 1. The molecule has 3 aromatic carbocycles. The second-order valence-electron chi connectivity index (χ2n) is 15.3. The maximum absolute atomic E-state index is 13.1. The Bertz CT molecular complexity index is 1870. The Balaban J connectivity index is 0.826. The molecule has 8 heteroatoms. The third-order valence-corrected chi connectivity index (χ3v) is 12.1. The zero-order chi connectivity index (χ0) is 36.1. The van der Waals surface area contributed by atoms with Gasteiger partial charge in [-0.2, -0.15) is 0 Å². The van der Waals surface area contributed by atoms with Gasteiger partial charge in [0.05, 0.1) is 5.56 Å². The second kappa shape index (κ2) is 16.1. The van der Waals surface area contributed by atoms with E-state index in [0.717, 1.165) is 107 Å². The molecule has 3 saturated heterocycles. The lowest BCUT2D eigenvalue weighted by atomic mass is 9.88. The highest BCUT2D eigenvalue weighted by Gasteiger charge is 2.34. The van der Waals surface area contributed by atoms with Crippen LogP contribution in [0.3, 0.4) is 0 Å². The summed E-state index contributed by atoms with van der Waals surface area (Å²) in [6, 6.07) is 29.9. The van der Waals surface area contributed by atoms with Crippen LogP contribution in [-0.4, -0.2) is 90.7 Å². The summed E-state index contributed by atoms with van der Waals surface area (Å²) < 4.78 is 0. The lowest BCUT2D eigenvalue weighted by Gasteiger charge is -2.37. The molecule has 1 amide bonds. The van der Waals surface area contributed by atoms with Crippen molar-refractivity contribution < 1.29 is 9.90 Å². The highest BCUT2D eigenvalue weighted by atomic mass is 16.3. The molecule has 0 aliphatic carbocycles. The van der Waals surface area contributed by atoms with E-state index in [1.54, 1.807) is 12.1 Å². The summed E-state index contributed by atoms with van der Waals surface area (Å²) in [5.41, 5.74) is 9.33. The molecule has 53 heavy (non-hydrogen) atoms. The third-order valence-electron chi connectivity index (χ3n) is 12.1. The molecule has 0 radical (unpaired) electrons. The number of hydrogen-bond donors (Lipinski definition) is 2. The first-order valence-corrected chi connectivity index (χ1v) is 20.0. The van der Waals surface area contributed by atoms with Crippen LogP contribution >= 0.6 is 0 Å². The van der Waals surface area contributed by atoms with Crippen LogP contribution in [0.4, 0.5) is 11.5 Å². The van der Waals surface area contributed by atoms with Crippen LogP contribution in [0.2, 0.25) is 0 Å². The highest BCUT2D eigenvalue weighted by Crippen LogP contribution is 2.36. The number of fused-ring (bicyclic) bond motifs is 1. The van der Waals surface area contributed by atoms with Crippen LogP contribution in [0.15, 0.2) is 91.1 Å². The van der Waals surface area contributed by atoms with Crippen molar-refractivity contribution in [1.29, 1.82) is 0 Å². The minimum atomic E-state index is 0.152. The fourth-order valence-corrected chi connectivity index (χ4v) is 8.98. The molecule has 1 unspecified atom stereocenters. The number of piperazine rings is 1. The van der Waals surface area contributed by atoms with Gasteiger partial charge >= 0.3 is 0 Å². The van der Waals surface area contributed by atoms with E-state index >= 15 is 0 Å². The third kappa shape index (κ3) is 7.85. The Kier molecular flexibility index (Phi) is 10.8. The topological polar surface area (TPSA) is 75.2 Å². The fraction of sp³-hybridized carbons (Fsp3) is 0.422. The molecule has 4 aliphatic heterocycles. The van der Waals surface area contributed by atoms with E-state index < -0.39 is 0 Å². The Morgan fingerprint density at radius 1 is 0.830 bits per heavy atom. The molecule has 8 nitrogen and oxygen atoms in total. The first-order chi connectivity index (χ1) is 26.0. The minimum Gasteiger partial charge on any atom is -0.508 e. The number of phenols is 1. The average molecular weight is 711 g/mol. The Morgan fingerprint density at radius 2 is 1.55 bits per heavy atom. The van der Waals surface area contributed by atoms with Crippen molar-refractivity contribution in [2.45, 2.75) is 58.0 Å². The number of pyridine rings is 1. The molecule has 4 aromatic rings. The summed E-state index contributed by atoms with van der Waals surface area (Å²) in [5, 5.41) is 13.5. The fourth-order valence-electron chi connectivity index (χ4n) is 8.98.